The van der Waals surface area contributed by atoms with Gasteiger partial charge in [0.15, 0.2) is 0 Å². The SMILES string of the molecule is CCCCCCc1ncccc1Cl. The van der Waals surface area contributed by atoms with Crippen LogP contribution in [-0.4, -0.2) is 4.98 Å². The molecule has 72 valence electrons. The van der Waals surface area contributed by atoms with Crippen LogP contribution >= 0.6 is 11.6 Å². The standard InChI is InChI=1S/C11H16ClN/c1-2-3-4-5-8-11-10(12)7-6-9-13-11/h6-7,9H,2-5,8H2,1H3. The summed E-state index contributed by atoms with van der Waals surface area (Å²) in [5.41, 5.74) is 1.04. The molecule has 0 fully saturated rings. The van der Waals surface area contributed by atoms with E-state index in [-0.39, 0.29) is 0 Å². The lowest BCUT2D eigenvalue weighted by Crippen LogP contribution is -1.90. The van der Waals surface area contributed by atoms with Crippen LogP contribution in [0.25, 0.3) is 0 Å². The quantitative estimate of drug-likeness (QED) is 0.654. The second-order valence-electron chi connectivity index (χ2n) is 3.24. The Morgan fingerprint density at radius 1 is 1.31 bits per heavy atom. The largest absolute Gasteiger partial charge is 0.260 e. The van der Waals surface area contributed by atoms with Crippen molar-refractivity contribution in [2.75, 3.05) is 0 Å². The van der Waals surface area contributed by atoms with Gasteiger partial charge in [0.25, 0.3) is 0 Å². The molecular formula is C11H16ClN. The molecule has 13 heavy (non-hydrogen) atoms. The van der Waals surface area contributed by atoms with E-state index in [0.29, 0.717) is 0 Å². The van der Waals surface area contributed by atoms with Crippen LogP contribution < -0.4 is 0 Å². The van der Waals surface area contributed by atoms with Gasteiger partial charge in [-0.15, -0.1) is 0 Å². The van der Waals surface area contributed by atoms with E-state index in [9.17, 15) is 0 Å². The van der Waals surface area contributed by atoms with Gasteiger partial charge in [0.05, 0.1) is 10.7 Å². The van der Waals surface area contributed by atoms with Crippen LogP contribution in [0.1, 0.15) is 38.3 Å². The van der Waals surface area contributed by atoms with E-state index in [2.05, 4.69) is 11.9 Å². The fourth-order valence-corrected chi connectivity index (χ4v) is 1.54. The molecule has 0 aliphatic rings. The van der Waals surface area contributed by atoms with Crippen molar-refractivity contribution in [1.82, 2.24) is 4.98 Å². The third-order valence-electron chi connectivity index (χ3n) is 2.10. The molecule has 2 heteroatoms. The van der Waals surface area contributed by atoms with E-state index in [0.717, 1.165) is 17.1 Å². The van der Waals surface area contributed by atoms with Crippen LogP contribution in [-0.2, 0) is 6.42 Å². The predicted octanol–water partition coefficient (Wildman–Crippen LogP) is 3.86. The maximum absolute atomic E-state index is 5.97. The number of aromatic nitrogens is 1. The minimum absolute atomic E-state index is 0.805. The zero-order valence-corrected chi connectivity index (χ0v) is 8.85. The molecule has 0 saturated carbocycles. The predicted molar refractivity (Wildman–Crippen MR) is 57.1 cm³/mol. The van der Waals surface area contributed by atoms with Gasteiger partial charge in [-0.25, -0.2) is 0 Å². The maximum atomic E-state index is 5.97. The van der Waals surface area contributed by atoms with Gasteiger partial charge in [0.1, 0.15) is 0 Å². The van der Waals surface area contributed by atoms with Crippen LogP contribution in [0.4, 0.5) is 0 Å². The monoisotopic (exact) mass is 197 g/mol. The van der Waals surface area contributed by atoms with Gasteiger partial charge >= 0.3 is 0 Å². The lowest BCUT2D eigenvalue weighted by Gasteiger charge is -2.01. The van der Waals surface area contributed by atoms with E-state index in [1.54, 1.807) is 6.20 Å². The third-order valence-corrected chi connectivity index (χ3v) is 2.45. The summed E-state index contributed by atoms with van der Waals surface area (Å²) < 4.78 is 0. The molecule has 1 nitrogen and oxygen atoms in total. The zero-order valence-electron chi connectivity index (χ0n) is 8.09. The lowest BCUT2D eigenvalue weighted by molar-refractivity contribution is 0.661. The second-order valence-corrected chi connectivity index (χ2v) is 3.65. The van der Waals surface area contributed by atoms with Gasteiger partial charge in [0.2, 0.25) is 0 Å². The van der Waals surface area contributed by atoms with Crippen LogP contribution in [0.2, 0.25) is 5.02 Å². The van der Waals surface area contributed by atoms with Crippen LogP contribution in [0, 0.1) is 0 Å². The molecule has 0 atom stereocenters. The highest BCUT2D eigenvalue weighted by molar-refractivity contribution is 6.31. The smallest absolute Gasteiger partial charge is 0.0621 e. The first-order valence-electron chi connectivity index (χ1n) is 4.94. The van der Waals surface area contributed by atoms with Crippen LogP contribution in [0.5, 0.6) is 0 Å². The number of aryl methyl sites for hydroxylation is 1. The molecule has 1 heterocycles. The van der Waals surface area contributed by atoms with E-state index >= 15 is 0 Å². The fourth-order valence-electron chi connectivity index (χ4n) is 1.32. The molecule has 0 aromatic carbocycles. The lowest BCUT2D eigenvalue weighted by atomic mass is 10.1. The highest BCUT2D eigenvalue weighted by atomic mass is 35.5. The highest BCUT2D eigenvalue weighted by Crippen LogP contribution is 2.15. The van der Waals surface area contributed by atoms with Crippen LogP contribution in [0.3, 0.4) is 0 Å². The molecule has 0 amide bonds. The average Bonchev–Trinajstić information content (AvgIpc) is 2.15. The van der Waals surface area contributed by atoms with E-state index < -0.39 is 0 Å². The number of unbranched alkanes of at least 4 members (excludes halogenated alkanes) is 3. The number of halogens is 1. The van der Waals surface area contributed by atoms with Gasteiger partial charge in [-0.2, -0.15) is 0 Å². The Hall–Kier alpha value is -0.560. The summed E-state index contributed by atoms with van der Waals surface area (Å²) in [5, 5.41) is 0.805. The van der Waals surface area contributed by atoms with Gasteiger partial charge in [-0.05, 0) is 25.0 Å². The van der Waals surface area contributed by atoms with Crippen molar-refractivity contribution in [3.8, 4) is 0 Å². The van der Waals surface area contributed by atoms with Gasteiger partial charge in [-0.3, -0.25) is 4.98 Å². The fraction of sp³-hybridized carbons (Fsp3) is 0.545. The van der Waals surface area contributed by atoms with Crippen molar-refractivity contribution >= 4 is 11.6 Å². The summed E-state index contributed by atoms with van der Waals surface area (Å²) >= 11 is 5.97. The average molecular weight is 198 g/mol. The molecule has 0 spiro atoms. The molecular weight excluding hydrogens is 182 g/mol. The summed E-state index contributed by atoms with van der Waals surface area (Å²) in [4.78, 5) is 4.24. The molecule has 1 rings (SSSR count). The summed E-state index contributed by atoms with van der Waals surface area (Å²) in [5.74, 6) is 0. The maximum Gasteiger partial charge on any atom is 0.0621 e. The van der Waals surface area contributed by atoms with Gasteiger partial charge < -0.3 is 0 Å². The van der Waals surface area contributed by atoms with Crippen molar-refractivity contribution in [2.45, 2.75) is 39.0 Å². The molecule has 0 unspecified atom stereocenters. The van der Waals surface area contributed by atoms with Crippen molar-refractivity contribution in [1.29, 1.82) is 0 Å². The first-order valence-corrected chi connectivity index (χ1v) is 5.31. The zero-order chi connectivity index (χ0) is 9.52. The van der Waals surface area contributed by atoms with Crippen LogP contribution in [0.15, 0.2) is 18.3 Å². The van der Waals surface area contributed by atoms with Crippen molar-refractivity contribution in [2.24, 2.45) is 0 Å². The number of hydrogen-bond donors (Lipinski definition) is 0. The Morgan fingerprint density at radius 3 is 2.85 bits per heavy atom. The Labute approximate surface area is 85.1 Å². The van der Waals surface area contributed by atoms with E-state index in [1.165, 1.54) is 25.7 Å². The summed E-state index contributed by atoms with van der Waals surface area (Å²) in [6.07, 6.45) is 7.88. The minimum atomic E-state index is 0.805. The first-order chi connectivity index (χ1) is 6.34. The molecule has 1 aromatic heterocycles. The summed E-state index contributed by atoms with van der Waals surface area (Å²) in [6, 6.07) is 3.78. The normalized spacial score (nSPS) is 10.3. The van der Waals surface area contributed by atoms with E-state index in [1.807, 2.05) is 12.1 Å². The summed E-state index contributed by atoms with van der Waals surface area (Å²) in [6.45, 7) is 2.22. The number of rotatable bonds is 5. The highest BCUT2D eigenvalue weighted by Gasteiger charge is 1.99. The van der Waals surface area contributed by atoms with E-state index in [4.69, 9.17) is 11.6 Å². The van der Waals surface area contributed by atoms with Crippen molar-refractivity contribution in [3.05, 3.63) is 29.0 Å². The van der Waals surface area contributed by atoms with Crippen molar-refractivity contribution < 1.29 is 0 Å². The second kappa shape index (κ2) is 5.98. The Kier molecular flexibility index (Phi) is 4.84. The first kappa shape index (κ1) is 10.5. The number of pyridine rings is 1. The van der Waals surface area contributed by atoms with Gasteiger partial charge in [0, 0.05) is 6.20 Å². The molecule has 0 radical (unpaired) electrons. The molecule has 0 aliphatic heterocycles. The molecule has 0 bridgehead atoms. The third kappa shape index (κ3) is 3.77. The molecule has 0 saturated heterocycles. The van der Waals surface area contributed by atoms with Crippen molar-refractivity contribution in [3.63, 3.8) is 0 Å². The molecule has 0 N–H and O–H groups in total. The Balaban J connectivity index is 2.32. The Bertz CT molecular complexity index is 248. The van der Waals surface area contributed by atoms with Gasteiger partial charge in [-0.1, -0.05) is 37.8 Å². The number of hydrogen-bond acceptors (Lipinski definition) is 1. The minimum Gasteiger partial charge on any atom is -0.260 e. The number of nitrogens with zero attached hydrogens (tertiary/aromatic N) is 1. The topological polar surface area (TPSA) is 12.9 Å². The molecule has 1 aromatic rings. The molecule has 0 aliphatic carbocycles. The summed E-state index contributed by atoms with van der Waals surface area (Å²) in [7, 11) is 0. The Morgan fingerprint density at radius 2 is 2.15 bits per heavy atom.